The summed E-state index contributed by atoms with van der Waals surface area (Å²) < 4.78 is 5.52. The molecule has 0 radical (unpaired) electrons. The Labute approximate surface area is 114 Å². The minimum Gasteiger partial charge on any atom is -0.458 e. The van der Waals surface area contributed by atoms with Crippen LogP contribution in [0.3, 0.4) is 0 Å². The van der Waals surface area contributed by atoms with Gasteiger partial charge < -0.3 is 10.5 Å². The average molecular weight is 277 g/mol. The number of aromatic nitrogens is 2. The Morgan fingerprint density at radius 1 is 1.26 bits per heavy atom. The molecule has 2 heterocycles. The Hall–Kier alpha value is -1.69. The van der Waals surface area contributed by atoms with Crippen LogP contribution in [0.15, 0.2) is 12.4 Å². The van der Waals surface area contributed by atoms with Gasteiger partial charge in [-0.25, -0.2) is 14.8 Å². The molecule has 0 unspecified atom stereocenters. The van der Waals surface area contributed by atoms with Crippen LogP contribution in [0.1, 0.15) is 41.8 Å². The third-order valence-electron chi connectivity index (χ3n) is 3.37. The molecule has 0 saturated heterocycles. The largest absolute Gasteiger partial charge is 0.458 e. The summed E-state index contributed by atoms with van der Waals surface area (Å²) in [5.41, 5.74) is 6.92. The molecular formula is C13H15N3O2S. The van der Waals surface area contributed by atoms with Gasteiger partial charge in [-0.05, 0) is 25.7 Å². The number of nitrogens with two attached hydrogens (primary N) is 1. The number of esters is 1. The lowest BCUT2D eigenvalue weighted by atomic mass is 9.98. The smallest absolute Gasteiger partial charge is 0.350 e. The van der Waals surface area contributed by atoms with Gasteiger partial charge in [-0.1, -0.05) is 6.42 Å². The molecule has 2 aromatic rings. The van der Waals surface area contributed by atoms with Gasteiger partial charge in [0.15, 0.2) is 0 Å². The number of ether oxygens (including phenoxy) is 1. The number of thiophene rings is 1. The summed E-state index contributed by atoms with van der Waals surface area (Å²) in [5, 5.41) is 0. The zero-order valence-corrected chi connectivity index (χ0v) is 11.3. The van der Waals surface area contributed by atoms with E-state index in [-0.39, 0.29) is 12.1 Å². The second kappa shape index (κ2) is 5.13. The van der Waals surface area contributed by atoms with Crippen molar-refractivity contribution in [2.45, 2.75) is 38.2 Å². The molecule has 6 heteroatoms. The van der Waals surface area contributed by atoms with Crippen LogP contribution >= 0.6 is 11.3 Å². The van der Waals surface area contributed by atoms with E-state index in [1.165, 1.54) is 17.8 Å². The Bertz CT molecular complexity index is 605. The lowest BCUT2D eigenvalue weighted by molar-refractivity contribution is 0.0218. The van der Waals surface area contributed by atoms with E-state index in [1.807, 2.05) is 0 Å². The first-order valence-electron chi connectivity index (χ1n) is 6.45. The molecule has 0 amide bonds. The highest BCUT2D eigenvalue weighted by atomic mass is 32.1. The number of nitrogens with zero attached hydrogens (tertiary/aromatic N) is 2. The number of fused-ring (bicyclic) bond motifs is 1. The molecule has 0 bridgehead atoms. The predicted molar refractivity (Wildman–Crippen MR) is 74.1 cm³/mol. The topological polar surface area (TPSA) is 78.1 Å². The molecule has 19 heavy (non-hydrogen) atoms. The van der Waals surface area contributed by atoms with Crippen molar-refractivity contribution >= 4 is 33.3 Å². The van der Waals surface area contributed by atoms with Crippen LogP contribution in [-0.4, -0.2) is 22.0 Å². The van der Waals surface area contributed by atoms with Crippen LogP contribution in [0.2, 0.25) is 0 Å². The number of carbonyl (C=O) groups excluding carboxylic acids is 1. The summed E-state index contributed by atoms with van der Waals surface area (Å²) in [7, 11) is 0. The second-order valence-corrected chi connectivity index (χ2v) is 5.72. The Kier molecular flexibility index (Phi) is 3.33. The van der Waals surface area contributed by atoms with Crippen LogP contribution < -0.4 is 5.73 Å². The third-order valence-corrected chi connectivity index (χ3v) is 4.46. The molecule has 1 fully saturated rings. The van der Waals surface area contributed by atoms with Gasteiger partial charge in [0.1, 0.15) is 21.3 Å². The minimum absolute atomic E-state index is 0.0341. The molecule has 0 aromatic carbocycles. The van der Waals surface area contributed by atoms with Crippen LogP contribution in [0.5, 0.6) is 0 Å². The van der Waals surface area contributed by atoms with Gasteiger partial charge in [0.25, 0.3) is 0 Å². The standard InChI is InChI=1S/C13H15N3O2S/c14-9-10-12(16-7-6-15-10)19-11(9)13(17)18-8-4-2-1-3-5-8/h6-8H,1-5,14H2. The summed E-state index contributed by atoms with van der Waals surface area (Å²) in [4.78, 5) is 21.6. The summed E-state index contributed by atoms with van der Waals surface area (Å²) in [6, 6.07) is 0. The number of carbonyl (C=O) groups is 1. The highest BCUT2D eigenvalue weighted by molar-refractivity contribution is 7.21. The molecule has 1 saturated carbocycles. The van der Waals surface area contributed by atoms with Crippen molar-refractivity contribution in [2.75, 3.05) is 5.73 Å². The maximum atomic E-state index is 12.2. The Balaban J connectivity index is 1.83. The van der Waals surface area contributed by atoms with E-state index in [4.69, 9.17) is 10.5 Å². The van der Waals surface area contributed by atoms with Gasteiger partial charge in [-0.15, -0.1) is 11.3 Å². The van der Waals surface area contributed by atoms with Crippen LogP contribution in [0.25, 0.3) is 10.3 Å². The normalized spacial score (nSPS) is 16.6. The lowest BCUT2D eigenvalue weighted by Gasteiger charge is -2.21. The first kappa shape index (κ1) is 12.3. The first-order valence-corrected chi connectivity index (χ1v) is 7.27. The van der Waals surface area contributed by atoms with Gasteiger partial charge in [-0.2, -0.15) is 0 Å². The fraction of sp³-hybridized carbons (Fsp3) is 0.462. The molecule has 100 valence electrons. The molecule has 5 nitrogen and oxygen atoms in total. The molecule has 1 aliphatic carbocycles. The summed E-state index contributed by atoms with van der Waals surface area (Å²) in [6.45, 7) is 0. The zero-order valence-electron chi connectivity index (χ0n) is 10.5. The van der Waals surface area contributed by atoms with E-state index >= 15 is 0 Å². The fourth-order valence-corrected chi connectivity index (χ4v) is 3.29. The number of rotatable bonds is 2. The summed E-state index contributed by atoms with van der Waals surface area (Å²) in [5.74, 6) is -0.339. The molecular weight excluding hydrogens is 262 g/mol. The van der Waals surface area contributed by atoms with E-state index in [1.54, 1.807) is 12.4 Å². The average Bonchev–Trinajstić information content (AvgIpc) is 2.78. The summed E-state index contributed by atoms with van der Waals surface area (Å²) >= 11 is 1.25. The van der Waals surface area contributed by atoms with E-state index in [0.717, 1.165) is 25.7 Å². The van der Waals surface area contributed by atoms with Gasteiger partial charge in [-0.3, -0.25) is 0 Å². The maximum Gasteiger partial charge on any atom is 0.350 e. The SMILES string of the molecule is Nc1c(C(=O)OC2CCCCC2)sc2nccnc12. The van der Waals surface area contributed by atoms with Gasteiger partial charge in [0.2, 0.25) is 0 Å². The highest BCUT2D eigenvalue weighted by Gasteiger charge is 2.23. The van der Waals surface area contributed by atoms with E-state index in [0.29, 0.717) is 20.9 Å². The summed E-state index contributed by atoms with van der Waals surface area (Å²) in [6.07, 6.45) is 8.58. The van der Waals surface area contributed by atoms with Crippen molar-refractivity contribution in [1.82, 2.24) is 9.97 Å². The molecule has 0 atom stereocenters. The van der Waals surface area contributed by atoms with Crippen LogP contribution in [0, 0.1) is 0 Å². The molecule has 3 rings (SSSR count). The maximum absolute atomic E-state index is 12.2. The second-order valence-electron chi connectivity index (χ2n) is 4.72. The van der Waals surface area contributed by atoms with Crippen molar-refractivity contribution in [2.24, 2.45) is 0 Å². The Morgan fingerprint density at radius 3 is 2.74 bits per heavy atom. The Morgan fingerprint density at radius 2 is 2.00 bits per heavy atom. The van der Waals surface area contributed by atoms with Crippen LogP contribution in [-0.2, 0) is 4.74 Å². The number of hydrogen-bond donors (Lipinski definition) is 1. The van der Waals surface area contributed by atoms with Gasteiger partial charge in [0.05, 0.1) is 5.69 Å². The van der Waals surface area contributed by atoms with Gasteiger partial charge in [0, 0.05) is 12.4 Å². The predicted octanol–water partition coefficient (Wildman–Crippen LogP) is 2.76. The van der Waals surface area contributed by atoms with Crippen molar-refractivity contribution < 1.29 is 9.53 Å². The minimum atomic E-state index is -0.339. The van der Waals surface area contributed by atoms with E-state index < -0.39 is 0 Å². The molecule has 0 spiro atoms. The molecule has 1 aliphatic rings. The number of hydrogen-bond acceptors (Lipinski definition) is 6. The molecule has 2 aromatic heterocycles. The number of anilines is 1. The highest BCUT2D eigenvalue weighted by Crippen LogP contribution is 2.32. The molecule has 0 aliphatic heterocycles. The number of nitrogen functional groups attached to an aromatic ring is 1. The quantitative estimate of drug-likeness (QED) is 0.854. The van der Waals surface area contributed by atoms with Crippen molar-refractivity contribution in [3.05, 3.63) is 17.3 Å². The first-order chi connectivity index (χ1) is 9.25. The fourth-order valence-electron chi connectivity index (χ4n) is 2.38. The third kappa shape index (κ3) is 2.40. The molecule has 2 N–H and O–H groups in total. The van der Waals surface area contributed by atoms with Crippen LogP contribution in [0.4, 0.5) is 5.69 Å². The van der Waals surface area contributed by atoms with Crippen molar-refractivity contribution in [1.29, 1.82) is 0 Å². The van der Waals surface area contributed by atoms with E-state index in [9.17, 15) is 4.79 Å². The van der Waals surface area contributed by atoms with Crippen molar-refractivity contribution in [3.63, 3.8) is 0 Å². The van der Waals surface area contributed by atoms with E-state index in [2.05, 4.69) is 9.97 Å². The van der Waals surface area contributed by atoms with Gasteiger partial charge >= 0.3 is 5.97 Å². The monoisotopic (exact) mass is 277 g/mol. The van der Waals surface area contributed by atoms with Crippen molar-refractivity contribution in [3.8, 4) is 0 Å². The zero-order chi connectivity index (χ0) is 13.2. The lowest BCUT2D eigenvalue weighted by Crippen LogP contribution is -2.20.